The number of nitrogens with two attached hydrogens (primary N) is 2. The van der Waals surface area contributed by atoms with Crippen LogP contribution in [0, 0.1) is 0 Å². The molecule has 1 unspecified atom stereocenters. The van der Waals surface area contributed by atoms with Crippen molar-refractivity contribution in [2.45, 2.75) is 18.9 Å². The summed E-state index contributed by atoms with van der Waals surface area (Å²) >= 11 is 0. The Morgan fingerprint density at radius 1 is 1.33 bits per heavy atom. The second kappa shape index (κ2) is 8.00. The fraction of sp³-hybridized carbons (Fsp3) is 0.312. The Kier molecular flexibility index (Phi) is 5.78. The molecule has 8 heteroatoms. The van der Waals surface area contributed by atoms with Crippen molar-refractivity contribution in [3.05, 3.63) is 36.0 Å². The minimum absolute atomic E-state index is 0.0147. The molecule has 0 radical (unpaired) electrons. The number of benzene rings is 1. The van der Waals surface area contributed by atoms with E-state index in [-0.39, 0.29) is 11.9 Å². The number of nitrogens with one attached hydrogen (secondary N) is 1. The van der Waals surface area contributed by atoms with E-state index >= 15 is 0 Å². The van der Waals surface area contributed by atoms with Gasteiger partial charge in [0.15, 0.2) is 5.96 Å². The van der Waals surface area contributed by atoms with Gasteiger partial charge in [0.1, 0.15) is 11.8 Å². The van der Waals surface area contributed by atoms with Crippen molar-refractivity contribution in [1.82, 2.24) is 10.2 Å². The topological polar surface area (TPSA) is 123 Å². The molecule has 0 aliphatic carbocycles. The summed E-state index contributed by atoms with van der Waals surface area (Å²) in [7, 11) is 1.59. The minimum Gasteiger partial charge on any atom is -0.497 e. The molecule has 8 nitrogen and oxygen atoms in total. The highest BCUT2D eigenvalue weighted by Gasteiger charge is 2.36. The van der Waals surface area contributed by atoms with E-state index in [2.05, 4.69) is 10.3 Å². The monoisotopic (exact) mass is 331 g/mol. The van der Waals surface area contributed by atoms with Gasteiger partial charge < -0.3 is 21.5 Å². The van der Waals surface area contributed by atoms with E-state index in [1.165, 1.54) is 6.20 Å². The summed E-state index contributed by atoms with van der Waals surface area (Å²) in [5.41, 5.74) is 11.3. The molecule has 1 aromatic carbocycles. The van der Waals surface area contributed by atoms with Crippen LogP contribution < -0.4 is 21.5 Å². The van der Waals surface area contributed by atoms with Gasteiger partial charge in [-0.25, -0.2) is 9.69 Å². The average Bonchev–Trinajstić information content (AvgIpc) is 2.84. The molecular weight excluding hydrogens is 310 g/mol. The maximum absolute atomic E-state index is 12.3. The zero-order valence-corrected chi connectivity index (χ0v) is 13.4. The third-order valence-electron chi connectivity index (χ3n) is 3.53. The first-order chi connectivity index (χ1) is 11.5. The number of guanidine groups is 1. The first kappa shape index (κ1) is 17.3. The van der Waals surface area contributed by atoms with Gasteiger partial charge in [-0.15, -0.1) is 0 Å². The van der Waals surface area contributed by atoms with E-state index in [1.807, 2.05) is 12.1 Å². The fourth-order valence-corrected chi connectivity index (χ4v) is 2.26. The van der Waals surface area contributed by atoms with Crippen LogP contribution in [0.3, 0.4) is 0 Å². The number of imide groups is 1. The van der Waals surface area contributed by atoms with Gasteiger partial charge in [-0.1, -0.05) is 12.1 Å². The van der Waals surface area contributed by atoms with Crippen molar-refractivity contribution in [3.63, 3.8) is 0 Å². The van der Waals surface area contributed by atoms with Crippen molar-refractivity contribution in [2.24, 2.45) is 16.5 Å². The molecule has 0 spiro atoms. The molecule has 0 saturated carbocycles. The highest BCUT2D eigenvalue weighted by molar-refractivity contribution is 6.05. The summed E-state index contributed by atoms with van der Waals surface area (Å²) in [5.74, 6) is 0.471. The van der Waals surface area contributed by atoms with E-state index in [0.29, 0.717) is 19.4 Å². The average molecular weight is 331 g/mol. The quantitative estimate of drug-likeness (QED) is 0.293. The number of nitrogens with zero attached hydrogens (tertiary/aromatic N) is 2. The lowest BCUT2D eigenvalue weighted by Crippen LogP contribution is -2.29. The third kappa shape index (κ3) is 4.48. The first-order valence-electron chi connectivity index (χ1n) is 7.52. The molecule has 5 N–H and O–H groups in total. The number of aliphatic imine (C=N–C) groups is 1. The van der Waals surface area contributed by atoms with Crippen molar-refractivity contribution in [2.75, 3.05) is 13.7 Å². The lowest BCUT2D eigenvalue weighted by molar-refractivity contribution is -0.125. The Balaban J connectivity index is 1.93. The van der Waals surface area contributed by atoms with Crippen LogP contribution in [-0.2, 0) is 4.79 Å². The molecule has 1 heterocycles. The highest BCUT2D eigenvalue weighted by Crippen LogP contribution is 2.15. The molecule has 1 atom stereocenters. The predicted octanol–water partition coefficient (Wildman–Crippen LogP) is 0.640. The fourth-order valence-electron chi connectivity index (χ4n) is 2.26. The van der Waals surface area contributed by atoms with Crippen LogP contribution in [0.4, 0.5) is 4.79 Å². The number of hydrogen-bond donors (Lipinski definition) is 3. The number of ether oxygens (including phenoxy) is 1. The summed E-state index contributed by atoms with van der Waals surface area (Å²) in [6.07, 6.45) is 4.24. The number of methoxy groups -OCH3 is 1. The Hall–Kier alpha value is -3.03. The normalized spacial score (nSPS) is 17.2. The standard InChI is InChI=1S/C16H21N5O3/c1-24-12-6-4-11(5-7-12)8-10-21-14(22)13(20-16(21)23)3-2-9-19-15(17)18/h4-8,10,13H,2-3,9H2,1H3,(H,20,23)(H4,17,18,19)/b10-8+. The number of urea groups is 1. The molecule has 0 bridgehead atoms. The van der Waals surface area contributed by atoms with Crippen LogP contribution in [0.2, 0.25) is 0 Å². The van der Waals surface area contributed by atoms with E-state index in [9.17, 15) is 9.59 Å². The summed E-state index contributed by atoms with van der Waals surface area (Å²) in [6, 6.07) is 6.29. The van der Waals surface area contributed by atoms with Crippen molar-refractivity contribution < 1.29 is 14.3 Å². The van der Waals surface area contributed by atoms with Crippen LogP contribution in [-0.4, -0.2) is 42.5 Å². The maximum Gasteiger partial charge on any atom is 0.328 e. The number of amides is 3. The number of carbonyl (C=O) groups is 2. The zero-order chi connectivity index (χ0) is 17.5. The van der Waals surface area contributed by atoms with Gasteiger partial charge in [0.25, 0.3) is 5.91 Å². The van der Waals surface area contributed by atoms with Crippen molar-refractivity contribution in [1.29, 1.82) is 0 Å². The van der Waals surface area contributed by atoms with Gasteiger partial charge >= 0.3 is 6.03 Å². The van der Waals surface area contributed by atoms with Gasteiger partial charge in [0.2, 0.25) is 0 Å². The van der Waals surface area contributed by atoms with E-state index < -0.39 is 12.1 Å². The lowest BCUT2D eigenvalue weighted by atomic mass is 10.1. The van der Waals surface area contributed by atoms with Gasteiger partial charge in [0, 0.05) is 12.7 Å². The van der Waals surface area contributed by atoms with Crippen LogP contribution in [0.25, 0.3) is 6.08 Å². The molecule has 1 saturated heterocycles. The molecule has 128 valence electrons. The molecule has 2 rings (SSSR count). The summed E-state index contributed by atoms with van der Waals surface area (Å²) in [6.45, 7) is 0.420. The molecule has 3 amide bonds. The Labute approximate surface area is 140 Å². The van der Waals surface area contributed by atoms with Crippen LogP contribution in [0.5, 0.6) is 5.75 Å². The van der Waals surface area contributed by atoms with Gasteiger partial charge in [-0.3, -0.25) is 9.79 Å². The second-order valence-electron chi connectivity index (χ2n) is 5.25. The molecule has 24 heavy (non-hydrogen) atoms. The molecule has 1 aliphatic rings. The summed E-state index contributed by atoms with van der Waals surface area (Å²) < 4.78 is 5.08. The summed E-state index contributed by atoms with van der Waals surface area (Å²) in [4.78, 5) is 29.1. The Bertz CT molecular complexity index is 650. The number of carbonyl (C=O) groups excluding carboxylic acids is 2. The maximum atomic E-state index is 12.3. The molecule has 1 fully saturated rings. The molecule has 0 aromatic heterocycles. The van der Waals surface area contributed by atoms with Crippen molar-refractivity contribution >= 4 is 24.0 Å². The zero-order valence-electron chi connectivity index (χ0n) is 13.4. The third-order valence-corrected chi connectivity index (χ3v) is 3.53. The largest absolute Gasteiger partial charge is 0.497 e. The smallest absolute Gasteiger partial charge is 0.328 e. The molecule has 1 aromatic rings. The summed E-state index contributed by atoms with van der Waals surface area (Å²) in [5, 5.41) is 2.65. The SMILES string of the molecule is COc1ccc(/C=C/N2C(=O)NC(CCCN=C(N)N)C2=O)cc1. The van der Waals surface area contributed by atoms with Crippen LogP contribution in [0.1, 0.15) is 18.4 Å². The van der Waals surface area contributed by atoms with Gasteiger partial charge in [0.05, 0.1) is 7.11 Å². The van der Waals surface area contributed by atoms with E-state index in [1.54, 1.807) is 25.3 Å². The number of rotatable bonds is 7. The van der Waals surface area contributed by atoms with Crippen LogP contribution >= 0.6 is 0 Å². The first-order valence-corrected chi connectivity index (χ1v) is 7.52. The number of hydrogen-bond acceptors (Lipinski definition) is 4. The minimum atomic E-state index is -0.549. The van der Waals surface area contributed by atoms with Gasteiger partial charge in [-0.2, -0.15) is 0 Å². The Morgan fingerprint density at radius 3 is 2.67 bits per heavy atom. The second-order valence-corrected chi connectivity index (χ2v) is 5.25. The van der Waals surface area contributed by atoms with Crippen molar-refractivity contribution in [3.8, 4) is 5.75 Å². The Morgan fingerprint density at radius 2 is 2.04 bits per heavy atom. The molecular formula is C16H21N5O3. The van der Waals surface area contributed by atoms with E-state index in [0.717, 1.165) is 16.2 Å². The predicted molar refractivity (Wildman–Crippen MR) is 91.1 cm³/mol. The van der Waals surface area contributed by atoms with Gasteiger partial charge in [-0.05, 0) is 36.6 Å². The lowest BCUT2D eigenvalue weighted by Gasteiger charge is -2.07. The van der Waals surface area contributed by atoms with Crippen LogP contribution in [0.15, 0.2) is 35.5 Å². The van der Waals surface area contributed by atoms with E-state index in [4.69, 9.17) is 16.2 Å². The molecule has 1 aliphatic heterocycles. The highest BCUT2D eigenvalue weighted by atomic mass is 16.5.